The highest BCUT2D eigenvalue weighted by Gasteiger charge is 2.37. The summed E-state index contributed by atoms with van der Waals surface area (Å²) in [4.78, 5) is 4.17. The van der Waals surface area contributed by atoms with Crippen molar-refractivity contribution in [1.82, 2.24) is 0 Å². The summed E-state index contributed by atoms with van der Waals surface area (Å²) in [6, 6.07) is 0. The Kier molecular flexibility index (Phi) is 2.25. The molecule has 0 aromatic rings. The first-order valence-corrected chi connectivity index (χ1v) is 3.92. The SMILES string of the molecule is C=CC(=NC)C1CC1CC. The van der Waals surface area contributed by atoms with Gasteiger partial charge in [0.05, 0.1) is 0 Å². The Bertz CT molecular complexity index is 158. The van der Waals surface area contributed by atoms with Crippen LogP contribution in [0.15, 0.2) is 17.6 Å². The summed E-state index contributed by atoms with van der Waals surface area (Å²) in [5.74, 6) is 1.64. The van der Waals surface area contributed by atoms with Crippen molar-refractivity contribution in [1.29, 1.82) is 0 Å². The molecule has 2 atom stereocenters. The molecule has 2 unspecified atom stereocenters. The highest BCUT2D eigenvalue weighted by molar-refractivity contribution is 5.98. The summed E-state index contributed by atoms with van der Waals surface area (Å²) in [7, 11) is 1.85. The van der Waals surface area contributed by atoms with Crippen LogP contribution in [0.4, 0.5) is 0 Å². The van der Waals surface area contributed by atoms with E-state index in [1.54, 1.807) is 0 Å². The van der Waals surface area contributed by atoms with Gasteiger partial charge in [-0.15, -0.1) is 0 Å². The molecule has 1 heteroatoms. The van der Waals surface area contributed by atoms with Crippen molar-refractivity contribution in [2.24, 2.45) is 16.8 Å². The number of rotatable bonds is 3. The predicted octanol–water partition coefficient (Wildman–Crippen LogP) is 2.29. The molecule has 1 saturated carbocycles. The largest absolute Gasteiger partial charge is 0.293 e. The Hall–Kier alpha value is -0.590. The molecule has 1 aliphatic carbocycles. The quantitative estimate of drug-likeness (QED) is 0.529. The van der Waals surface area contributed by atoms with Gasteiger partial charge in [-0.25, -0.2) is 0 Å². The van der Waals surface area contributed by atoms with Crippen LogP contribution < -0.4 is 0 Å². The standard InChI is InChI=1S/C9H15N/c1-4-7-6-8(7)9(5-2)10-3/h5,7-8H,2,4,6H2,1,3H3. The Balaban J connectivity index is 2.45. The fourth-order valence-corrected chi connectivity index (χ4v) is 1.47. The topological polar surface area (TPSA) is 12.4 Å². The molecule has 0 aromatic carbocycles. The van der Waals surface area contributed by atoms with E-state index < -0.39 is 0 Å². The highest BCUT2D eigenvalue weighted by Crippen LogP contribution is 2.42. The second-order valence-corrected chi connectivity index (χ2v) is 2.86. The average Bonchev–Trinajstić information content (AvgIpc) is 2.70. The lowest BCUT2D eigenvalue weighted by Gasteiger charge is -1.94. The van der Waals surface area contributed by atoms with Crippen LogP contribution >= 0.6 is 0 Å². The highest BCUT2D eigenvalue weighted by atomic mass is 14.7. The number of hydrogen-bond acceptors (Lipinski definition) is 1. The molecular formula is C9H15N. The second kappa shape index (κ2) is 3.00. The third-order valence-electron chi connectivity index (χ3n) is 2.29. The van der Waals surface area contributed by atoms with Crippen molar-refractivity contribution in [3.05, 3.63) is 12.7 Å². The molecular weight excluding hydrogens is 122 g/mol. The lowest BCUT2D eigenvalue weighted by molar-refractivity contribution is 0.769. The number of aliphatic imine (C=N–C) groups is 1. The Morgan fingerprint density at radius 2 is 2.50 bits per heavy atom. The summed E-state index contributed by atoms with van der Waals surface area (Å²) in [6.45, 7) is 5.97. The van der Waals surface area contributed by atoms with Crippen LogP contribution in [0.1, 0.15) is 19.8 Å². The molecule has 0 amide bonds. The lowest BCUT2D eigenvalue weighted by Crippen LogP contribution is -1.97. The van der Waals surface area contributed by atoms with Crippen molar-refractivity contribution in [2.75, 3.05) is 7.05 Å². The monoisotopic (exact) mass is 137 g/mol. The van der Waals surface area contributed by atoms with Gasteiger partial charge in [0.2, 0.25) is 0 Å². The van der Waals surface area contributed by atoms with Crippen LogP contribution in [0, 0.1) is 11.8 Å². The van der Waals surface area contributed by atoms with E-state index >= 15 is 0 Å². The minimum Gasteiger partial charge on any atom is -0.293 e. The van der Waals surface area contributed by atoms with Crippen LogP contribution in [-0.4, -0.2) is 12.8 Å². The van der Waals surface area contributed by atoms with E-state index in [9.17, 15) is 0 Å². The van der Waals surface area contributed by atoms with Gasteiger partial charge in [0.15, 0.2) is 0 Å². The van der Waals surface area contributed by atoms with Gasteiger partial charge in [0.1, 0.15) is 0 Å². The maximum atomic E-state index is 4.17. The minimum atomic E-state index is 0.743. The fourth-order valence-electron chi connectivity index (χ4n) is 1.47. The van der Waals surface area contributed by atoms with Gasteiger partial charge in [0, 0.05) is 18.7 Å². The van der Waals surface area contributed by atoms with Crippen molar-refractivity contribution in [3.63, 3.8) is 0 Å². The molecule has 1 nitrogen and oxygen atoms in total. The molecule has 0 aromatic heterocycles. The molecule has 1 rings (SSSR count). The molecule has 0 spiro atoms. The normalized spacial score (nSPS) is 32.0. The van der Waals surface area contributed by atoms with Gasteiger partial charge in [-0.3, -0.25) is 4.99 Å². The molecule has 56 valence electrons. The molecule has 0 heterocycles. The third kappa shape index (κ3) is 1.28. The van der Waals surface area contributed by atoms with Crippen LogP contribution in [0.2, 0.25) is 0 Å². The zero-order valence-electron chi connectivity index (χ0n) is 6.80. The first-order chi connectivity index (χ1) is 4.83. The molecule has 0 N–H and O–H groups in total. The number of allylic oxidation sites excluding steroid dienone is 1. The summed E-state index contributed by atoms with van der Waals surface area (Å²) in [5.41, 5.74) is 1.20. The predicted molar refractivity (Wildman–Crippen MR) is 45.4 cm³/mol. The van der Waals surface area contributed by atoms with Gasteiger partial charge < -0.3 is 0 Å². The molecule has 0 bridgehead atoms. The van der Waals surface area contributed by atoms with E-state index in [1.807, 2.05) is 13.1 Å². The molecule has 1 aliphatic rings. The van der Waals surface area contributed by atoms with Crippen molar-refractivity contribution in [3.8, 4) is 0 Å². The smallest absolute Gasteiger partial charge is 0.0372 e. The zero-order valence-corrected chi connectivity index (χ0v) is 6.80. The number of hydrogen-bond donors (Lipinski definition) is 0. The molecule has 0 radical (unpaired) electrons. The Morgan fingerprint density at radius 3 is 2.80 bits per heavy atom. The summed E-state index contributed by atoms with van der Waals surface area (Å²) >= 11 is 0. The minimum absolute atomic E-state index is 0.743. The molecule has 0 aliphatic heterocycles. The average molecular weight is 137 g/mol. The van der Waals surface area contributed by atoms with Crippen molar-refractivity contribution >= 4 is 5.71 Å². The lowest BCUT2D eigenvalue weighted by atomic mass is 10.2. The molecule has 10 heavy (non-hydrogen) atoms. The van der Waals surface area contributed by atoms with E-state index in [-0.39, 0.29) is 0 Å². The zero-order chi connectivity index (χ0) is 7.56. The van der Waals surface area contributed by atoms with E-state index in [0.29, 0.717) is 0 Å². The summed E-state index contributed by atoms with van der Waals surface area (Å²) in [5, 5.41) is 0. The maximum absolute atomic E-state index is 4.17. The first-order valence-electron chi connectivity index (χ1n) is 3.92. The van der Waals surface area contributed by atoms with Gasteiger partial charge in [-0.1, -0.05) is 19.9 Å². The van der Waals surface area contributed by atoms with Crippen molar-refractivity contribution in [2.45, 2.75) is 19.8 Å². The van der Waals surface area contributed by atoms with Gasteiger partial charge >= 0.3 is 0 Å². The van der Waals surface area contributed by atoms with Crippen LogP contribution in [0.25, 0.3) is 0 Å². The van der Waals surface area contributed by atoms with Gasteiger partial charge in [-0.05, 0) is 18.4 Å². The fraction of sp³-hybridized carbons (Fsp3) is 0.667. The Morgan fingerprint density at radius 1 is 1.80 bits per heavy atom. The third-order valence-corrected chi connectivity index (χ3v) is 2.29. The molecule has 1 fully saturated rings. The van der Waals surface area contributed by atoms with Crippen molar-refractivity contribution < 1.29 is 0 Å². The van der Waals surface area contributed by atoms with Crippen LogP contribution in [0.3, 0.4) is 0 Å². The van der Waals surface area contributed by atoms with E-state index in [0.717, 1.165) is 11.8 Å². The van der Waals surface area contributed by atoms with E-state index in [4.69, 9.17) is 0 Å². The second-order valence-electron chi connectivity index (χ2n) is 2.86. The number of nitrogens with zero attached hydrogens (tertiary/aromatic N) is 1. The molecule has 0 saturated heterocycles. The summed E-state index contributed by atoms with van der Waals surface area (Å²) < 4.78 is 0. The van der Waals surface area contributed by atoms with Crippen LogP contribution in [-0.2, 0) is 0 Å². The first kappa shape index (κ1) is 7.52. The maximum Gasteiger partial charge on any atom is 0.0372 e. The van der Waals surface area contributed by atoms with Gasteiger partial charge in [-0.2, -0.15) is 0 Å². The summed E-state index contributed by atoms with van der Waals surface area (Å²) in [6.07, 6.45) is 4.51. The van der Waals surface area contributed by atoms with Gasteiger partial charge in [0.25, 0.3) is 0 Å². The Labute approximate surface area is 62.9 Å². The van der Waals surface area contributed by atoms with E-state index in [2.05, 4.69) is 18.5 Å². The van der Waals surface area contributed by atoms with E-state index in [1.165, 1.54) is 18.6 Å². The van der Waals surface area contributed by atoms with Crippen LogP contribution in [0.5, 0.6) is 0 Å².